The molecule has 114 valence electrons. The number of rotatable bonds is 4. The molecule has 21 heavy (non-hydrogen) atoms. The Morgan fingerprint density at radius 2 is 2.00 bits per heavy atom. The summed E-state index contributed by atoms with van der Waals surface area (Å²) in [6.45, 7) is 1.94. The van der Waals surface area contributed by atoms with E-state index < -0.39 is 0 Å². The molecule has 2 aliphatic rings. The molecule has 3 heteroatoms. The van der Waals surface area contributed by atoms with E-state index in [1.54, 1.807) is 0 Å². The van der Waals surface area contributed by atoms with Crippen molar-refractivity contribution in [1.82, 2.24) is 4.90 Å². The Bertz CT molecular complexity index is 479. The van der Waals surface area contributed by atoms with E-state index >= 15 is 0 Å². The Labute approximate surface area is 127 Å². The van der Waals surface area contributed by atoms with Crippen LogP contribution in [0.3, 0.4) is 0 Å². The van der Waals surface area contributed by atoms with Gasteiger partial charge in [0.25, 0.3) is 0 Å². The zero-order chi connectivity index (χ0) is 14.7. The minimum atomic E-state index is -0.262. The van der Waals surface area contributed by atoms with E-state index in [0.29, 0.717) is 11.8 Å². The van der Waals surface area contributed by atoms with Gasteiger partial charge < -0.3 is 10.0 Å². The number of nitrogens with zero attached hydrogens (tertiary/aromatic N) is 1. The van der Waals surface area contributed by atoms with Gasteiger partial charge in [0.15, 0.2) is 0 Å². The summed E-state index contributed by atoms with van der Waals surface area (Å²) >= 11 is 0. The predicted octanol–water partition coefficient (Wildman–Crippen LogP) is 2.73. The van der Waals surface area contributed by atoms with Crippen LogP contribution in [0.5, 0.6) is 0 Å². The number of likely N-dealkylation sites (tertiary alicyclic amines) is 1. The van der Waals surface area contributed by atoms with Crippen molar-refractivity contribution in [3.63, 3.8) is 0 Å². The number of benzene rings is 1. The van der Waals surface area contributed by atoms with Crippen molar-refractivity contribution in [2.45, 2.75) is 43.9 Å². The number of hydrogen-bond acceptors (Lipinski definition) is 2. The fraction of sp³-hybridized carbons (Fsp3) is 0.611. The van der Waals surface area contributed by atoms with E-state index in [2.05, 4.69) is 17.0 Å². The molecule has 3 rings (SSSR count). The summed E-state index contributed by atoms with van der Waals surface area (Å²) in [4.78, 5) is 15.2. The number of aliphatic hydroxyl groups excluding tert-OH is 1. The lowest BCUT2D eigenvalue weighted by molar-refractivity contribution is -0.143. The molecule has 1 amide bonds. The molecule has 0 bridgehead atoms. The van der Waals surface area contributed by atoms with Crippen LogP contribution in [0.25, 0.3) is 0 Å². The maximum absolute atomic E-state index is 13.1. The monoisotopic (exact) mass is 287 g/mol. The number of amides is 1. The average Bonchev–Trinajstić information content (AvgIpc) is 2.48. The van der Waals surface area contributed by atoms with Gasteiger partial charge in [0.05, 0.1) is 5.41 Å². The third kappa shape index (κ3) is 2.71. The maximum atomic E-state index is 13.1. The highest BCUT2D eigenvalue weighted by atomic mass is 16.3. The van der Waals surface area contributed by atoms with Crippen LogP contribution < -0.4 is 0 Å². The number of carbonyl (C=O) groups excluding carboxylic acids is 1. The van der Waals surface area contributed by atoms with Gasteiger partial charge >= 0.3 is 0 Å². The molecule has 0 spiro atoms. The summed E-state index contributed by atoms with van der Waals surface area (Å²) in [6, 6.07) is 10.3. The Morgan fingerprint density at radius 3 is 2.62 bits per heavy atom. The lowest BCUT2D eigenvalue weighted by Crippen LogP contribution is -2.53. The van der Waals surface area contributed by atoms with E-state index in [4.69, 9.17) is 5.11 Å². The first kappa shape index (κ1) is 14.6. The topological polar surface area (TPSA) is 40.5 Å². The molecule has 1 aromatic rings. The van der Waals surface area contributed by atoms with Crippen LogP contribution in [0.2, 0.25) is 0 Å². The zero-order valence-corrected chi connectivity index (χ0v) is 12.6. The Kier molecular flexibility index (Phi) is 4.29. The van der Waals surface area contributed by atoms with Crippen molar-refractivity contribution >= 4 is 5.91 Å². The van der Waals surface area contributed by atoms with E-state index in [9.17, 15) is 4.79 Å². The molecule has 1 aliphatic heterocycles. The van der Waals surface area contributed by atoms with E-state index in [1.165, 1.54) is 5.56 Å². The van der Waals surface area contributed by atoms with Gasteiger partial charge in [0.2, 0.25) is 5.91 Å². The van der Waals surface area contributed by atoms with Gasteiger partial charge in [-0.15, -0.1) is 0 Å². The normalized spacial score (nSPS) is 24.4. The zero-order valence-electron chi connectivity index (χ0n) is 12.6. The van der Waals surface area contributed by atoms with Gasteiger partial charge in [-0.1, -0.05) is 36.8 Å². The minimum Gasteiger partial charge on any atom is -0.396 e. The van der Waals surface area contributed by atoms with Crippen LogP contribution in [0.4, 0.5) is 0 Å². The fourth-order valence-corrected chi connectivity index (χ4v) is 3.88. The quantitative estimate of drug-likeness (QED) is 0.925. The number of hydrogen-bond donors (Lipinski definition) is 1. The van der Waals surface area contributed by atoms with Gasteiger partial charge in [-0.25, -0.2) is 0 Å². The predicted molar refractivity (Wildman–Crippen MR) is 83.0 cm³/mol. The Morgan fingerprint density at radius 1 is 1.24 bits per heavy atom. The summed E-state index contributed by atoms with van der Waals surface area (Å²) in [5, 5.41) is 9.14. The first-order valence-corrected chi connectivity index (χ1v) is 8.22. The molecule has 1 aromatic carbocycles. The van der Waals surface area contributed by atoms with E-state index in [-0.39, 0.29) is 12.0 Å². The molecular formula is C18H25NO2. The molecular weight excluding hydrogens is 262 g/mol. The molecule has 1 N–H and O–H groups in total. The smallest absolute Gasteiger partial charge is 0.233 e. The van der Waals surface area contributed by atoms with Crippen molar-refractivity contribution in [2.75, 3.05) is 19.7 Å². The standard InChI is InChI=1S/C18H25NO2/c20-13-9-15-6-4-12-19(14-15)17(21)18(10-5-11-18)16-7-2-1-3-8-16/h1-3,7-8,15,20H,4-6,9-14H2. The second-order valence-electron chi connectivity index (χ2n) is 6.57. The lowest BCUT2D eigenvalue weighted by Gasteiger charge is -2.46. The average molecular weight is 287 g/mol. The highest BCUT2D eigenvalue weighted by Crippen LogP contribution is 2.45. The summed E-state index contributed by atoms with van der Waals surface area (Å²) in [5.41, 5.74) is 0.924. The second kappa shape index (κ2) is 6.18. The third-order valence-electron chi connectivity index (χ3n) is 5.29. The Hall–Kier alpha value is -1.35. The van der Waals surface area contributed by atoms with Gasteiger partial charge in [0.1, 0.15) is 0 Å². The van der Waals surface area contributed by atoms with Crippen LogP contribution in [-0.2, 0) is 10.2 Å². The van der Waals surface area contributed by atoms with Gasteiger partial charge in [-0.2, -0.15) is 0 Å². The van der Waals surface area contributed by atoms with Crippen LogP contribution in [-0.4, -0.2) is 35.6 Å². The SMILES string of the molecule is O=C(N1CCCC(CCO)C1)C1(c2ccccc2)CCC1. The summed E-state index contributed by atoms with van der Waals surface area (Å²) < 4.78 is 0. The minimum absolute atomic E-state index is 0.233. The molecule has 1 aliphatic carbocycles. The third-order valence-corrected chi connectivity index (χ3v) is 5.29. The van der Waals surface area contributed by atoms with Crippen LogP contribution in [0.15, 0.2) is 30.3 Å². The first-order valence-electron chi connectivity index (χ1n) is 8.22. The van der Waals surface area contributed by atoms with Crippen LogP contribution in [0.1, 0.15) is 44.1 Å². The summed E-state index contributed by atoms with van der Waals surface area (Å²) in [7, 11) is 0. The maximum Gasteiger partial charge on any atom is 0.233 e. The molecule has 3 nitrogen and oxygen atoms in total. The highest BCUT2D eigenvalue weighted by Gasteiger charge is 2.48. The Balaban J connectivity index is 1.77. The summed E-state index contributed by atoms with van der Waals surface area (Å²) in [5.74, 6) is 0.795. The number of aliphatic hydroxyl groups is 1. The highest BCUT2D eigenvalue weighted by molar-refractivity contribution is 5.89. The van der Waals surface area contributed by atoms with Gasteiger partial charge in [-0.3, -0.25) is 4.79 Å². The van der Waals surface area contributed by atoms with E-state index in [0.717, 1.165) is 51.6 Å². The molecule has 1 unspecified atom stereocenters. The van der Waals surface area contributed by atoms with E-state index in [1.807, 2.05) is 18.2 Å². The van der Waals surface area contributed by atoms with Crippen molar-refractivity contribution in [1.29, 1.82) is 0 Å². The number of piperidine rings is 1. The van der Waals surface area contributed by atoms with Crippen LogP contribution in [0, 0.1) is 5.92 Å². The molecule has 1 atom stereocenters. The fourth-order valence-electron chi connectivity index (χ4n) is 3.88. The molecule has 1 heterocycles. The number of carbonyl (C=O) groups is 1. The summed E-state index contributed by atoms with van der Waals surface area (Å²) in [6.07, 6.45) is 6.15. The second-order valence-corrected chi connectivity index (χ2v) is 6.57. The van der Waals surface area contributed by atoms with Crippen molar-refractivity contribution in [3.8, 4) is 0 Å². The molecule has 2 fully saturated rings. The lowest BCUT2D eigenvalue weighted by atomic mass is 9.63. The molecule has 0 aromatic heterocycles. The van der Waals surface area contributed by atoms with Gasteiger partial charge in [0, 0.05) is 19.7 Å². The largest absolute Gasteiger partial charge is 0.396 e. The first-order chi connectivity index (χ1) is 10.3. The molecule has 1 saturated heterocycles. The molecule has 1 saturated carbocycles. The van der Waals surface area contributed by atoms with Gasteiger partial charge in [-0.05, 0) is 43.6 Å². The molecule has 0 radical (unpaired) electrons. The van der Waals surface area contributed by atoms with Crippen molar-refractivity contribution < 1.29 is 9.90 Å². The van der Waals surface area contributed by atoms with Crippen LogP contribution >= 0.6 is 0 Å². The van der Waals surface area contributed by atoms with Crippen molar-refractivity contribution in [2.24, 2.45) is 5.92 Å². The van der Waals surface area contributed by atoms with Crippen molar-refractivity contribution in [3.05, 3.63) is 35.9 Å².